The number of rotatable bonds is 8. The molecule has 2 N–H and O–H groups in total. The second kappa shape index (κ2) is 11.2. The lowest BCUT2D eigenvalue weighted by Crippen LogP contribution is -2.51. The van der Waals surface area contributed by atoms with Crippen LogP contribution in [-0.2, 0) is 9.59 Å². The van der Waals surface area contributed by atoms with Gasteiger partial charge >= 0.3 is 0 Å². The fraction of sp³-hybridized carbons (Fsp3) is 0.296. The number of methoxy groups -OCH3 is 1. The number of benzene rings is 2. The second-order valence-corrected chi connectivity index (χ2v) is 10.1. The van der Waals surface area contributed by atoms with Crippen molar-refractivity contribution >= 4 is 34.7 Å². The summed E-state index contributed by atoms with van der Waals surface area (Å²) in [5.41, 5.74) is 1.45. The SMILES string of the molecule is COc1ccc(C)cc1N(C(=O)CNC(=O)c1cccs1)C(C(=O)NC(C)(C)C)c1ccccc1. The van der Waals surface area contributed by atoms with Crippen molar-refractivity contribution in [2.24, 2.45) is 0 Å². The van der Waals surface area contributed by atoms with Gasteiger partial charge in [-0.2, -0.15) is 0 Å². The maximum Gasteiger partial charge on any atom is 0.261 e. The third-order valence-corrected chi connectivity index (χ3v) is 6.00. The van der Waals surface area contributed by atoms with E-state index >= 15 is 0 Å². The number of anilines is 1. The number of hydrogen-bond donors (Lipinski definition) is 2. The largest absolute Gasteiger partial charge is 0.495 e. The average Bonchev–Trinajstić information content (AvgIpc) is 3.35. The first kappa shape index (κ1) is 26.0. The summed E-state index contributed by atoms with van der Waals surface area (Å²) in [6.45, 7) is 7.26. The number of nitrogens with zero attached hydrogens (tertiary/aromatic N) is 1. The van der Waals surface area contributed by atoms with E-state index in [0.717, 1.165) is 5.56 Å². The Labute approximate surface area is 210 Å². The van der Waals surface area contributed by atoms with Crippen LogP contribution in [0.25, 0.3) is 0 Å². The average molecular weight is 494 g/mol. The number of carbonyl (C=O) groups excluding carboxylic acids is 3. The molecule has 0 bridgehead atoms. The lowest BCUT2D eigenvalue weighted by Gasteiger charge is -2.34. The molecule has 0 spiro atoms. The van der Waals surface area contributed by atoms with Crippen LogP contribution < -0.4 is 20.3 Å². The molecule has 0 aliphatic heterocycles. The molecule has 3 amide bonds. The molecular formula is C27H31N3O4S. The van der Waals surface area contributed by atoms with E-state index in [4.69, 9.17) is 4.74 Å². The summed E-state index contributed by atoms with van der Waals surface area (Å²) >= 11 is 1.29. The summed E-state index contributed by atoms with van der Waals surface area (Å²) in [7, 11) is 1.52. The molecule has 1 aromatic heterocycles. The minimum atomic E-state index is -0.989. The fourth-order valence-electron chi connectivity index (χ4n) is 3.63. The third kappa shape index (κ3) is 6.70. The van der Waals surface area contributed by atoms with Crippen molar-refractivity contribution in [1.29, 1.82) is 0 Å². The van der Waals surface area contributed by atoms with Gasteiger partial charge in [0.1, 0.15) is 11.8 Å². The van der Waals surface area contributed by atoms with Crippen LogP contribution in [0.3, 0.4) is 0 Å². The fourth-order valence-corrected chi connectivity index (χ4v) is 4.27. The van der Waals surface area contributed by atoms with Crippen LogP contribution in [0.5, 0.6) is 5.75 Å². The van der Waals surface area contributed by atoms with E-state index in [1.165, 1.54) is 23.3 Å². The van der Waals surface area contributed by atoms with Crippen LogP contribution in [0.2, 0.25) is 0 Å². The summed E-state index contributed by atoms with van der Waals surface area (Å²) in [6, 6.07) is 17.0. The van der Waals surface area contributed by atoms with E-state index in [9.17, 15) is 14.4 Å². The van der Waals surface area contributed by atoms with E-state index in [-0.39, 0.29) is 18.4 Å². The van der Waals surface area contributed by atoms with Gasteiger partial charge in [0.25, 0.3) is 5.91 Å². The number of nitrogens with one attached hydrogen (secondary N) is 2. The summed E-state index contributed by atoms with van der Waals surface area (Å²) in [5, 5.41) is 7.49. The Kier molecular flexibility index (Phi) is 8.30. The van der Waals surface area contributed by atoms with Gasteiger partial charge in [0.2, 0.25) is 11.8 Å². The standard InChI is InChI=1S/C27H31N3O4S/c1-18-13-14-21(34-5)20(16-18)30(23(31)17-28-25(32)22-12-9-15-35-22)24(19-10-7-6-8-11-19)26(33)29-27(2,3)4/h6-16,24H,17H2,1-5H3,(H,28,32)(H,29,33). The molecule has 35 heavy (non-hydrogen) atoms. The Bertz CT molecular complexity index is 1170. The van der Waals surface area contributed by atoms with E-state index in [1.54, 1.807) is 41.8 Å². The highest BCUT2D eigenvalue weighted by atomic mass is 32.1. The van der Waals surface area contributed by atoms with Crippen molar-refractivity contribution in [1.82, 2.24) is 10.6 Å². The van der Waals surface area contributed by atoms with Crippen LogP contribution in [0.15, 0.2) is 66.0 Å². The van der Waals surface area contributed by atoms with Crippen LogP contribution in [0.1, 0.15) is 47.6 Å². The van der Waals surface area contributed by atoms with Crippen molar-refractivity contribution < 1.29 is 19.1 Å². The van der Waals surface area contributed by atoms with Gasteiger partial charge in [-0.05, 0) is 62.4 Å². The smallest absolute Gasteiger partial charge is 0.261 e. The van der Waals surface area contributed by atoms with Gasteiger partial charge in [-0.15, -0.1) is 11.3 Å². The molecule has 8 heteroatoms. The second-order valence-electron chi connectivity index (χ2n) is 9.15. The maximum absolute atomic E-state index is 13.8. The van der Waals surface area contributed by atoms with Crippen molar-refractivity contribution in [2.75, 3.05) is 18.6 Å². The Hall–Kier alpha value is -3.65. The van der Waals surface area contributed by atoms with Crippen LogP contribution in [0.4, 0.5) is 5.69 Å². The maximum atomic E-state index is 13.8. The molecule has 1 atom stereocenters. The topological polar surface area (TPSA) is 87.7 Å². The molecule has 0 saturated heterocycles. The van der Waals surface area contributed by atoms with Gasteiger partial charge in [-0.25, -0.2) is 0 Å². The number of amides is 3. The molecule has 0 aliphatic rings. The first-order valence-corrected chi connectivity index (χ1v) is 12.1. The highest BCUT2D eigenvalue weighted by molar-refractivity contribution is 7.12. The Morgan fingerprint density at radius 1 is 1.03 bits per heavy atom. The number of aryl methyl sites for hydroxylation is 1. The van der Waals surface area contributed by atoms with Gasteiger partial charge in [-0.3, -0.25) is 19.3 Å². The van der Waals surface area contributed by atoms with Gasteiger partial charge in [0.05, 0.1) is 24.2 Å². The molecule has 0 saturated carbocycles. The molecule has 0 fully saturated rings. The third-order valence-electron chi connectivity index (χ3n) is 5.13. The lowest BCUT2D eigenvalue weighted by molar-refractivity contribution is -0.127. The van der Waals surface area contributed by atoms with Gasteiger partial charge in [0, 0.05) is 5.54 Å². The zero-order chi connectivity index (χ0) is 25.6. The quantitative estimate of drug-likeness (QED) is 0.484. The van der Waals surface area contributed by atoms with Crippen molar-refractivity contribution in [3.8, 4) is 5.75 Å². The first-order chi connectivity index (χ1) is 16.6. The van der Waals surface area contributed by atoms with Crippen LogP contribution in [0, 0.1) is 6.92 Å². The zero-order valence-corrected chi connectivity index (χ0v) is 21.4. The summed E-state index contributed by atoms with van der Waals surface area (Å²) in [6.07, 6.45) is 0. The van der Waals surface area contributed by atoms with E-state index in [1.807, 2.05) is 52.0 Å². The summed E-state index contributed by atoms with van der Waals surface area (Å²) in [4.78, 5) is 41.9. The zero-order valence-electron chi connectivity index (χ0n) is 20.6. The minimum absolute atomic E-state index is 0.292. The molecule has 1 unspecified atom stereocenters. The Morgan fingerprint density at radius 2 is 1.74 bits per heavy atom. The highest BCUT2D eigenvalue weighted by Gasteiger charge is 2.36. The minimum Gasteiger partial charge on any atom is -0.495 e. The first-order valence-electron chi connectivity index (χ1n) is 11.3. The molecule has 1 heterocycles. The molecule has 0 radical (unpaired) electrons. The van der Waals surface area contributed by atoms with Crippen molar-refractivity contribution in [3.05, 3.63) is 82.0 Å². The molecule has 7 nitrogen and oxygen atoms in total. The Morgan fingerprint density at radius 3 is 2.34 bits per heavy atom. The van der Waals surface area contributed by atoms with Crippen LogP contribution >= 0.6 is 11.3 Å². The Balaban J connectivity index is 2.08. The monoisotopic (exact) mass is 493 g/mol. The van der Waals surface area contributed by atoms with Gasteiger partial charge in [0.15, 0.2) is 0 Å². The molecule has 0 aliphatic carbocycles. The summed E-state index contributed by atoms with van der Waals surface area (Å²) < 4.78 is 5.57. The number of hydrogen-bond acceptors (Lipinski definition) is 5. The predicted octanol–water partition coefficient (Wildman–Crippen LogP) is 4.48. The number of thiophene rings is 1. The normalized spacial score (nSPS) is 11.9. The predicted molar refractivity (Wildman–Crippen MR) is 139 cm³/mol. The summed E-state index contributed by atoms with van der Waals surface area (Å²) in [5.74, 6) is -0.695. The molecular weight excluding hydrogens is 462 g/mol. The molecule has 2 aromatic carbocycles. The highest BCUT2D eigenvalue weighted by Crippen LogP contribution is 2.36. The van der Waals surface area contributed by atoms with E-state index in [2.05, 4.69) is 10.6 Å². The van der Waals surface area contributed by atoms with Crippen molar-refractivity contribution in [2.45, 2.75) is 39.3 Å². The van der Waals surface area contributed by atoms with Gasteiger partial charge in [-0.1, -0.05) is 42.5 Å². The number of carbonyl (C=O) groups is 3. The van der Waals surface area contributed by atoms with Crippen LogP contribution in [-0.4, -0.2) is 36.9 Å². The van der Waals surface area contributed by atoms with Gasteiger partial charge < -0.3 is 15.4 Å². The van der Waals surface area contributed by atoms with E-state index < -0.39 is 17.5 Å². The number of ether oxygens (including phenoxy) is 1. The van der Waals surface area contributed by atoms with E-state index in [0.29, 0.717) is 21.9 Å². The molecule has 3 rings (SSSR count). The molecule has 3 aromatic rings. The van der Waals surface area contributed by atoms with Crippen molar-refractivity contribution in [3.63, 3.8) is 0 Å². The molecule has 184 valence electrons. The lowest BCUT2D eigenvalue weighted by atomic mass is 10.00.